The Bertz CT molecular complexity index is 663. The minimum absolute atomic E-state index is 0.0767. The molecule has 0 amide bonds. The maximum Gasteiger partial charge on any atom is 0.0569 e. The van der Waals surface area contributed by atoms with E-state index in [2.05, 4.69) is 54.5 Å². The first-order valence-electron chi connectivity index (χ1n) is 13.4. The van der Waals surface area contributed by atoms with E-state index in [0.717, 1.165) is 30.1 Å². The maximum absolute atomic E-state index is 10.6. The van der Waals surface area contributed by atoms with Crippen LogP contribution in [0.25, 0.3) is 0 Å². The van der Waals surface area contributed by atoms with Gasteiger partial charge in [0.2, 0.25) is 0 Å². The Morgan fingerprint density at radius 2 is 1.70 bits per heavy atom. The van der Waals surface area contributed by atoms with Crippen molar-refractivity contribution in [2.45, 2.75) is 119 Å². The van der Waals surface area contributed by atoms with E-state index in [9.17, 15) is 5.11 Å². The van der Waals surface area contributed by atoms with Crippen LogP contribution < -0.4 is 0 Å². The van der Waals surface area contributed by atoms with Gasteiger partial charge in [-0.3, -0.25) is 0 Å². The zero-order chi connectivity index (χ0) is 21.9. The lowest BCUT2D eigenvalue weighted by Gasteiger charge is -2.62. The molecule has 4 aliphatic carbocycles. The fourth-order valence-electron chi connectivity index (χ4n) is 9.34. The lowest BCUT2D eigenvalue weighted by molar-refractivity contribution is -0.0780. The van der Waals surface area contributed by atoms with Crippen LogP contribution in [0.2, 0.25) is 0 Å². The van der Waals surface area contributed by atoms with Crippen molar-refractivity contribution in [3.8, 4) is 0 Å². The molecule has 9 atom stereocenters. The molecule has 1 heteroatoms. The SMILES string of the molecule is CC(C)CCC[C@@H](C)[C@H]1CC[C@@]2(C)[C@@H]3CCC4[C@H](C)[C@@H](O)CC[C@]4(C)C3=CC[C@]12C. The van der Waals surface area contributed by atoms with E-state index in [0.29, 0.717) is 28.1 Å². The number of fused-ring (bicyclic) bond motifs is 5. The van der Waals surface area contributed by atoms with Gasteiger partial charge in [0.15, 0.2) is 0 Å². The Morgan fingerprint density at radius 1 is 0.967 bits per heavy atom. The van der Waals surface area contributed by atoms with Crippen molar-refractivity contribution < 1.29 is 5.11 Å². The van der Waals surface area contributed by atoms with Crippen LogP contribution in [0.15, 0.2) is 11.6 Å². The molecule has 0 radical (unpaired) electrons. The second-order valence-corrected chi connectivity index (χ2v) is 13.3. The monoisotopic (exact) mass is 414 g/mol. The zero-order valence-electron chi connectivity index (χ0n) is 21.1. The summed E-state index contributed by atoms with van der Waals surface area (Å²) in [6.07, 6.45) is 16.0. The predicted octanol–water partition coefficient (Wildman–Crippen LogP) is 8.02. The van der Waals surface area contributed by atoms with Crippen LogP contribution in [0, 0.1) is 51.8 Å². The summed E-state index contributed by atoms with van der Waals surface area (Å²) in [5.41, 5.74) is 3.11. The number of hydrogen-bond acceptors (Lipinski definition) is 1. The number of aliphatic hydroxyl groups excluding tert-OH is 1. The predicted molar refractivity (Wildman–Crippen MR) is 128 cm³/mol. The van der Waals surface area contributed by atoms with E-state index >= 15 is 0 Å². The maximum atomic E-state index is 10.6. The largest absolute Gasteiger partial charge is 0.393 e. The molecule has 172 valence electrons. The number of hydrogen-bond donors (Lipinski definition) is 1. The summed E-state index contributed by atoms with van der Waals surface area (Å²) in [6.45, 7) is 17.6. The number of allylic oxidation sites excluding steroid dienone is 2. The van der Waals surface area contributed by atoms with Gasteiger partial charge in [-0.2, -0.15) is 0 Å². The summed E-state index contributed by atoms with van der Waals surface area (Å²) in [5, 5.41) is 10.6. The minimum atomic E-state index is -0.0767. The van der Waals surface area contributed by atoms with Crippen LogP contribution in [0.5, 0.6) is 0 Å². The number of aliphatic hydroxyl groups is 1. The average Bonchev–Trinajstić information content (AvgIpc) is 2.96. The highest BCUT2D eigenvalue weighted by Crippen LogP contribution is 2.72. The van der Waals surface area contributed by atoms with Gasteiger partial charge in [-0.15, -0.1) is 0 Å². The Balaban J connectivity index is 1.59. The van der Waals surface area contributed by atoms with Gasteiger partial charge in [-0.25, -0.2) is 0 Å². The second-order valence-electron chi connectivity index (χ2n) is 13.3. The van der Waals surface area contributed by atoms with Crippen molar-refractivity contribution in [1.82, 2.24) is 0 Å². The number of rotatable bonds is 5. The molecule has 3 saturated carbocycles. The van der Waals surface area contributed by atoms with Gasteiger partial charge in [-0.05, 0) is 96.7 Å². The molecule has 1 unspecified atom stereocenters. The summed E-state index contributed by atoms with van der Waals surface area (Å²) in [5.74, 6) is 4.53. The second kappa shape index (κ2) is 7.93. The average molecular weight is 415 g/mol. The van der Waals surface area contributed by atoms with E-state index in [1.54, 1.807) is 0 Å². The molecule has 1 nitrogen and oxygen atoms in total. The molecule has 4 aliphatic rings. The lowest BCUT2D eigenvalue weighted by atomic mass is 9.43. The Morgan fingerprint density at radius 3 is 2.40 bits per heavy atom. The van der Waals surface area contributed by atoms with Gasteiger partial charge in [0.1, 0.15) is 0 Å². The Hall–Kier alpha value is -0.300. The highest BCUT2D eigenvalue weighted by atomic mass is 16.3. The van der Waals surface area contributed by atoms with E-state index in [4.69, 9.17) is 0 Å². The topological polar surface area (TPSA) is 20.2 Å². The Kier molecular flexibility index (Phi) is 6.05. The van der Waals surface area contributed by atoms with E-state index in [1.807, 2.05) is 5.57 Å². The summed E-state index contributed by atoms with van der Waals surface area (Å²) >= 11 is 0. The van der Waals surface area contributed by atoms with Gasteiger partial charge in [-0.1, -0.05) is 79.4 Å². The standard InChI is InChI=1S/C29H50O/c1-19(2)9-8-10-20(3)22-13-17-29(7)25-12-11-23-21(4)26(30)15-16-27(23,5)24(25)14-18-28(22,29)6/h14,19-23,25-26,30H,8-13,15-18H2,1-7H3/t20-,21+,22-,23?,25-,26+,27+,28-,29+/m1/s1. The van der Waals surface area contributed by atoms with E-state index in [-0.39, 0.29) is 6.10 Å². The van der Waals surface area contributed by atoms with E-state index in [1.165, 1.54) is 57.8 Å². The van der Waals surface area contributed by atoms with Crippen molar-refractivity contribution in [3.05, 3.63) is 11.6 Å². The van der Waals surface area contributed by atoms with Gasteiger partial charge in [0, 0.05) is 0 Å². The lowest BCUT2D eigenvalue weighted by Crippen LogP contribution is -2.55. The molecule has 0 aliphatic heterocycles. The first-order chi connectivity index (χ1) is 14.0. The summed E-state index contributed by atoms with van der Waals surface area (Å²) in [7, 11) is 0. The van der Waals surface area contributed by atoms with Crippen LogP contribution in [0.4, 0.5) is 0 Å². The molecule has 0 saturated heterocycles. The zero-order valence-corrected chi connectivity index (χ0v) is 21.1. The van der Waals surface area contributed by atoms with Crippen LogP contribution in [0.1, 0.15) is 113 Å². The van der Waals surface area contributed by atoms with Crippen LogP contribution in [-0.2, 0) is 0 Å². The third-order valence-corrected chi connectivity index (χ3v) is 11.6. The van der Waals surface area contributed by atoms with Crippen LogP contribution >= 0.6 is 0 Å². The van der Waals surface area contributed by atoms with Crippen molar-refractivity contribution >= 4 is 0 Å². The molecule has 0 bridgehead atoms. The summed E-state index contributed by atoms with van der Waals surface area (Å²) in [4.78, 5) is 0. The molecule has 0 heterocycles. The smallest absolute Gasteiger partial charge is 0.0569 e. The molecular formula is C29H50O. The molecule has 1 N–H and O–H groups in total. The third-order valence-electron chi connectivity index (χ3n) is 11.6. The molecule has 0 spiro atoms. The minimum Gasteiger partial charge on any atom is -0.393 e. The van der Waals surface area contributed by atoms with Gasteiger partial charge in [0.25, 0.3) is 0 Å². The highest BCUT2D eigenvalue weighted by molar-refractivity contribution is 5.32. The van der Waals surface area contributed by atoms with E-state index < -0.39 is 0 Å². The first kappa shape index (κ1) is 22.9. The molecule has 0 aromatic rings. The summed E-state index contributed by atoms with van der Waals surface area (Å²) in [6, 6.07) is 0. The molecule has 30 heavy (non-hydrogen) atoms. The van der Waals surface area contributed by atoms with Crippen molar-refractivity contribution in [2.24, 2.45) is 51.8 Å². The van der Waals surface area contributed by atoms with Gasteiger partial charge in [0.05, 0.1) is 6.10 Å². The molecule has 0 aromatic heterocycles. The van der Waals surface area contributed by atoms with Crippen molar-refractivity contribution in [1.29, 1.82) is 0 Å². The fraction of sp³-hybridized carbons (Fsp3) is 0.931. The third kappa shape index (κ3) is 3.27. The van der Waals surface area contributed by atoms with Crippen molar-refractivity contribution in [2.75, 3.05) is 0 Å². The fourth-order valence-corrected chi connectivity index (χ4v) is 9.34. The highest BCUT2D eigenvalue weighted by Gasteiger charge is 2.63. The first-order valence-corrected chi connectivity index (χ1v) is 13.4. The molecule has 4 rings (SSSR count). The van der Waals surface area contributed by atoms with Crippen LogP contribution in [-0.4, -0.2) is 11.2 Å². The summed E-state index contributed by atoms with van der Waals surface area (Å²) < 4.78 is 0. The van der Waals surface area contributed by atoms with Gasteiger partial charge >= 0.3 is 0 Å². The Labute approximate surface area is 187 Å². The normalized spacial score (nSPS) is 49.2. The quantitative estimate of drug-likeness (QED) is 0.451. The van der Waals surface area contributed by atoms with Crippen LogP contribution in [0.3, 0.4) is 0 Å². The van der Waals surface area contributed by atoms with Crippen molar-refractivity contribution in [3.63, 3.8) is 0 Å². The molecular weight excluding hydrogens is 364 g/mol. The van der Waals surface area contributed by atoms with Gasteiger partial charge < -0.3 is 5.11 Å². The molecule has 0 aromatic carbocycles. The molecule has 3 fully saturated rings.